The predicted octanol–water partition coefficient (Wildman–Crippen LogP) is 4.20. The molecule has 2 aliphatic rings. The van der Waals surface area contributed by atoms with Crippen molar-refractivity contribution in [2.24, 2.45) is 5.92 Å². The van der Waals surface area contributed by atoms with E-state index < -0.39 is 0 Å². The predicted molar refractivity (Wildman–Crippen MR) is 126 cm³/mol. The Balaban J connectivity index is 1.54. The van der Waals surface area contributed by atoms with Gasteiger partial charge in [-0.1, -0.05) is 12.1 Å². The van der Waals surface area contributed by atoms with Gasteiger partial charge in [-0.15, -0.1) is 0 Å². The molecule has 176 valence electrons. The van der Waals surface area contributed by atoms with Gasteiger partial charge in [0.1, 0.15) is 17.2 Å². The average Bonchev–Trinajstić information content (AvgIpc) is 3.54. The van der Waals surface area contributed by atoms with E-state index >= 15 is 4.39 Å². The summed E-state index contributed by atoms with van der Waals surface area (Å²) in [7, 11) is 0. The SMILES string of the molecule is CCc1cc(F)c2nc(N3CC[C@](C)(NC[C@H]4CCOC4)C3)c(-c3nc(C)no3)c(C)c2c1. The van der Waals surface area contributed by atoms with E-state index in [0.29, 0.717) is 29.0 Å². The number of hydrogen-bond donors (Lipinski definition) is 1. The Bertz CT molecular complexity index is 1170. The number of anilines is 1. The van der Waals surface area contributed by atoms with Crippen LogP contribution in [0.25, 0.3) is 22.4 Å². The molecule has 0 unspecified atom stereocenters. The van der Waals surface area contributed by atoms with Gasteiger partial charge in [-0.05, 0) is 69.2 Å². The van der Waals surface area contributed by atoms with Gasteiger partial charge < -0.3 is 19.5 Å². The van der Waals surface area contributed by atoms with Crippen LogP contribution in [0.2, 0.25) is 0 Å². The van der Waals surface area contributed by atoms with E-state index in [9.17, 15) is 0 Å². The van der Waals surface area contributed by atoms with Crippen molar-refractivity contribution in [1.82, 2.24) is 20.4 Å². The first-order chi connectivity index (χ1) is 15.9. The smallest absolute Gasteiger partial charge is 0.261 e. The first kappa shape index (κ1) is 22.2. The first-order valence-electron chi connectivity index (χ1n) is 11.9. The number of hydrogen-bond acceptors (Lipinski definition) is 7. The van der Waals surface area contributed by atoms with Crippen LogP contribution in [0.15, 0.2) is 16.7 Å². The van der Waals surface area contributed by atoms with Gasteiger partial charge in [0.05, 0.1) is 12.2 Å². The molecule has 7 nitrogen and oxygen atoms in total. The average molecular weight is 454 g/mol. The molecule has 2 saturated heterocycles. The third kappa shape index (κ3) is 4.22. The Morgan fingerprint density at radius 2 is 2.12 bits per heavy atom. The minimum atomic E-state index is -0.289. The molecule has 1 aromatic carbocycles. The molecular weight excluding hydrogens is 421 g/mol. The molecule has 1 N–H and O–H groups in total. The maximum atomic E-state index is 15.1. The van der Waals surface area contributed by atoms with E-state index in [0.717, 1.165) is 74.2 Å². The lowest BCUT2D eigenvalue weighted by atomic mass is 9.99. The zero-order valence-electron chi connectivity index (χ0n) is 19.9. The van der Waals surface area contributed by atoms with Crippen molar-refractivity contribution in [1.29, 1.82) is 0 Å². The van der Waals surface area contributed by atoms with Crippen LogP contribution in [-0.2, 0) is 11.2 Å². The molecule has 5 rings (SSSR count). The van der Waals surface area contributed by atoms with E-state index in [-0.39, 0.29) is 11.4 Å². The first-order valence-corrected chi connectivity index (χ1v) is 11.9. The molecule has 0 bridgehead atoms. The largest absolute Gasteiger partial charge is 0.381 e. The van der Waals surface area contributed by atoms with Crippen molar-refractivity contribution >= 4 is 16.7 Å². The van der Waals surface area contributed by atoms with Crippen molar-refractivity contribution in [3.63, 3.8) is 0 Å². The molecule has 2 atom stereocenters. The molecule has 0 spiro atoms. The summed E-state index contributed by atoms with van der Waals surface area (Å²) in [6, 6.07) is 3.62. The van der Waals surface area contributed by atoms with Crippen LogP contribution < -0.4 is 10.2 Å². The lowest BCUT2D eigenvalue weighted by Crippen LogP contribution is -2.47. The zero-order chi connectivity index (χ0) is 23.2. The van der Waals surface area contributed by atoms with E-state index in [1.807, 2.05) is 19.9 Å². The number of nitrogens with zero attached hydrogens (tertiary/aromatic N) is 4. The molecule has 2 aromatic heterocycles. The van der Waals surface area contributed by atoms with Crippen molar-refractivity contribution in [3.05, 3.63) is 34.9 Å². The highest BCUT2D eigenvalue weighted by atomic mass is 19.1. The van der Waals surface area contributed by atoms with Crippen LogP contribution >= 0.6 is 0 Å². The van der Waals surface area contributed by atoms with Gasteiger partial charge in [-0.3, -0.25) is 0 Å². The summed E-state index contributed by atoms with van der Waals surface area (Å²) in [6.07, 6.45) is 2.84. The zero-order valence-corrected chi connectivity index (χ0v) is 19.9. The van der Waals surface area contributed by atoms with E-state index in [1.165, 1.54) is 0 Å². The highest BCUT2D eigenvalue weighted by molar-refractivity contribution is 5.93. The molecule has 0 radical (unpaired) electrons. The van der Waals surface area contributed by atoms with E-state index in [1.54, 1.807) is 13.0 Å². The normalized spacial score (nSPS) is 23.2. The minimum Gasteiger partial charge on any atom is -0.381 e. The van der Waals surface area contributed by atoms with Gasteiger partial charge in [0, 0.05) is 37.2 Å². The lowest BCUT2D eigenvalue weighted by Gasteiger charge is -2.29. The van der Waals surface area contributed by atoms with Crippen LogP contribution in [0.4, 0.5) is 10.2 Å². The number of halogens is 1. The fourth-order valence-electron chi connectivity index (χ4n) is 5.03. The fourth-order valence-corrected chi connectivity index (χ4v) is 5.03. The van der Waals surface area contributed by atoms with Gasteiger partial charge in [0.25, 0.3) is 5.89 Å². The van der Waals surface area contributed by atoms with Crippen molar-refractivity contribution in [2.75, 3.05) is 37.7 Å². The van der Waals surface area contributed by atoms with Crippen LogP contribution in [0.5, 0.6) is 0 Å². The van der Waals surface area contributed by atoms with Gasteiger partial charge in [-0.25, -0.2) is 9.37 Å². The summed E-state index contributed by atoms with van der Waals surface area (Å²) in [5.74, 6) is 1.98. The van der Waals surface area contributed by atoms with Crippen LogP contribution in [0.3, 0.4) is 0 Å². The summed E-state index contributed by atoms with van der Waals surface area (Å²) in [6.45, 7) is 12.3. The second-order valence-corrected chi connectivity index (χ2v) is 9.75. The second-order valence-electron chi connectivity index (χ2n) is 9.75. The number of benzene rings is 1. The number of aromatic nitrogens is 3. The van der Waals surface area contributed by atoms with Gasteiger partial charge in [0.15, 0.2) is 5.82 Å². The molecule has 2 aliphatic heterocycles. The molecule has 0 amide bonds. The fraction of sp³-hybridized carbons (Fsp3) is 0.560. The maximum absolute atomic E-state index is 15.1. The van der Waals surface area contributed by atoms with Crippen molar-refractivity contribution < 1.29 is 13.7 Å². The molecule has 8 heteroatoms. The number of fused-ring (bicyclic) bond motifs is 1. The third-order valence-corrected chi connectivity index (χ3v) is 7.11. The Labute approximate surface area is 193 Å². The molecule has 2 fully saturated rings. The molecule has 0 saturated carbocycles. The Hall–Kier alpha value is -2.58. The number of ether oxygens (including phenoxy) is 1. The Morgan fingerprint density at radius 3 is 2.82 bits per heavy atom. The number of aryl methyl sites for hydroxylation is 3. The molecule has 3 aromatic rings. The van der Waals surface area contributed by atoms with Gasteiger partial charge in [-0.2, -0.15) is 4.98 Å². The van der Waals surface area contributed by atoms with Crippen LogP contribution in [-0.4, -0.2) is 53.5 Å². The number of nitrogens with one attached hydrogen (secondary N) is 1. The minimum absolute atomic E-state index is 0.0558. The summed E-state index contributed by atoms with van der Waals surface area (Å²) >= 11 is 0. The standard InChI is InChI=1S/C25H32FN5O2/c1-5-17-10-19-15(2)21(24-28-16(3)30-33-24)23(29-22(19)20(26)11-17)31-8-7-25(4,14-31)27-12-18-6-9-32-13-18/h10-11,18,27H,5-9,12-14H2,1-4H3/t18-,25+/m1/s1. The summed E-state index contributed by atoms with van der Waals surface area (Å²) in [4.78, 5) is 11.6. The highest BCUT2D eigenvalue weighted by Crippen LogP contribution is 2.39. The quantitative estimate of drug-likeness (QED) is 0.599. The number of rotatable bonds is 6. The van der Waals surface area contributed by atoms with Crippen LogP contribution in [0, 0.1) is 25.6 Å². The molecule has 0 aliphatic carbocycles. The van der Waals surface area contributed by atoms with E-state index in [4.69, 9.17) is 14.2 Å². The Morgan fingerprint density at radius 1 is 1.27 bits per heavy atom. The van der Waals surface area contributed by atoms with Crippen molar-refractivity contribution in [2.45, 2.75) is 52.5 Å². The highest BCUT2D eigenvalue weighted by Gasteiger charge is 2.37. The monoisotopic (exact) mass is 453 g/mol. The third-order valence-electron chi connectivity index (χ3n) is 7.11. The summed E-state index contributed by atoms with van der Waals surface area (Å²) < 4.78 is 26.2. The molecule has 33 heavy (non-hydrogen) atoms. The van der Waals surface area contributed by atoms with E-state index in [2.05, 4.69) is 27.3 Å². The second kappa shape index (κ2) is 8.65. The van der Waals surface area contributed by atoms with Gasteiger partial charge in [0.2, 0.25) is 0 Å². The summed E-state index contributed by atoms with van der Waals surface area (Å²) in [5, 5.41) is 8.57. The summed E-state index contributed by atoms with van der Waals surface area (Å²) in [5.41, 5.74) is 2.99. The number of pyridine rings is 1. The van der Waals surface area contributed by atoms with Crippen molar-refractivity contribution in [3.8, 4) is 11.5 Å². The topological polar surface area (TPSA) is 76.3 Å². The van der Waals surface area contributed by atoms with Gasteiger partial charge >= 0.3 is 0 Å². The van der Waals surface area contributed by atoms with Crippen LogP contribution in [0.1, 0.15) is 43.6 Å². The Kier molecular flexibility index (Phi) is 5.82. The molecule has 4 heterocycles. The maximum Gasteiger partial charge on any atom is 0.261 e. The molecular formula is C25H32FN5O2. The lowest BCUT2D eigenvalue weighted by molar-refractivity contribution is 0.183.